The first-order chi connectivity index (χ1) is 22.0. The Balaban J connectivity index is 0.000000934. The van der Waals surface area contributed by atoms with Gasteiger partial charge in [-0.05, 0) is 107 Å². The SMILES string of the molecule is C=O.CC.CCOCCCN(c1ccnc(NC(=O)c2ccc(C3CCNCC3)cc2)c1)c1ccc2c(ccn2C)c1.CNC. The third-order valence-electron chi connectivity index (χ3n) is 7.34. The summed E-state index contributed by atoms with van der Waals surface area (Å²) in [5.41, 5.74) is 5.21. The smallest absolute Gasteiger partial charge is 0.256 e. The maximum absolute atomic E-state index is 13.1. The van der Waals surface area contributed by atoms with Gasteiger partial charge in [-0.2, -0.15) is 0 Å². The third kappa shape index (κ3) is 11.1. The number of piperidine rings is 1. The van der Waals surface area contributed by atoms with Crippen LogP contribution < -0.4 is 20.9 Å². The number of carbonyl (C=O) groups is 2. The molecule has 45 heavy (non-hydrogen) atoms. The number of rotatable bonds is 10. The number of carbonyl (C=O) groups excluding carboxylic acids is 2. The van der Waals surface area contributed by atoms with Crippen LogP contribution in [-0.4, -0.2) is 69.2 Å². The molecule has 0 saturated carbocycles. The molecule has 1 saturated heterocycles. The summed E-state index contributed by atoms with van der Waals surface area (Å²) in [5.74, 6) is 0.946. The van der Waals surface area contributed by atoms with Gasteiger partial charge in [0.05, 0.1) is 0 Å². The summed E-state index contributed by atoms with van der Waals surface area (Å²) in [7, 11) is 5.81. The zero-order chi connectivity index (χ0) is 33.0. The van der Waals surface area contributed by atoms with Crippen molar-refractivity contribution < 1.29 is 14.3 Å². The Morgan fingerprint density at radius 2 is 1.69 bits per heavy atom. The number of hydrogen-bond donors (Lipinski definition) is 3. The molecule has 1 fully saturated rings. The summed E-state index contributed by atoms with van der Waals surface area (Å²) in [6.45, 7) is 12.3. The van der Waals surface area contributed by atoms with Crippen LogP contribution >= 0.6 is 0 Å². The van der Waals surface area contributed by atoms with Crippen LogP contribution in [0.25, 0.3) is 10.9 Å². The van der Waals surface area contributed by atoms with Crippen molar-refractivity contribution >= 4 is 40.8 Å². The van der Waals surface area contributed by atoms with Crippen molar-refractivity contribution in [1.29, 1.82) is 0 Å². The van der Waals surface area contributed by atoms with E-state index in [-0.39, 0.29) is 5.91 Å². The summed E-state index contributed by atoms with van der Waals surface area (Å²) in [5, 5.41) is 10.3. The van der Waals surface area contributed by atoms with E-state index in [2.05, 4.69) is 80.0 Å². The van der Waals surface area contributed by atoms with E-state index in [4.69, 9.17) is 9.53 Å². The van der Waals surface area contributed by atoms with E-state index >= 15 is 0 Å². The fourth-order valence-corrected chi connectivity index (χ4v) is 5.22. The van der Waals surface area contributed by atoms with Gasteiger partial charge in [0.2, 0.25) is 0 Å². The van der Waals surface area contributed by atoms with Gasteiger partial charge in [-0.1, -0.05) is 26.0 Å². The van der Waals surface area contributed by atoms with Gasteiger partial charge in [-0.15, -0.1) is 0 Å². The van der Waals surface area contributed by atoms with Gasteiger partial charge in [-0.3, -0.25) is 4.79 Å². The van der Waals surface area contributed by atoms with Crippen molar-refractivity contribution in [1.82, 2.24) is 20.2 Å². The molecule has 0 bridgehead atoms. The van der Waals surface area contributed by atoms with Crippen LogP contribution in [0.4, 0.5) is 17.2 Å². The maximum atomic E-state index is 13.1. The summed E-state index contributed by atoms with van der Waals surface area (Å²) in [6.07, 6.45) is 6.99. The number of nitrogens with one attached hydrogen (secondary N) is 3. The molecule has 2 aromatic heterocycles. The number of aryl methyl sites for hydroxylation is 1. The highest BCUT2D eigenvalue weighted by atomic mass is 16.5. The van der Waals surface area contributed by atoms with Crippen LogP contribution in [0.1, 0.15) is 61.9 Å². The molecule has 9 nitrogen and oxygen atoms in total. The van der Waals surface area contributed by atoms with Gasteiger partial charge in [0.15, 0.2) is 0 Å². The topological polar surface area (TPSA) is 101 Å². The minimum atomic E-state index is -0.153. The Morgan fingerprint density at radius 1 is 1.02 bits per heavy atom. The molecule has 2 aromatic carbocycles. The predicted octanol–water partition coefficient (Wildman–Crippen LogP) is 6.53. The molecular weight excluding hydrogens is 564 g/mol. The van der Waals surface area contributed by atoms with Gasteiger partial charge >= 0.3 is 0 Å². The van der Waals surface area contributed by atoms with E-state index in [1.165, 1.54) is 16.5 Å². The molecule has 3 N–H and O–H groups in total. The zero-order valence-corrected chi connectivity index (χ0v) is 27.9. The van der Waals surface area contributed by atoms with E-state index in [9.17, 15) is 4.79 Å². The van der Waals surface area contributed by atoms with E-state index < -0.39 is 0 Å². The van der Waals surface area contributed by atoms with Gasteiger partial charge in [0, 0.05) is 73.1 Å². The molecule has 244 valence electrons. The number of nitrogens with zero attached hydrogens (tertiary/aromatic N) is 3. The van der Waals surface area contributed by atoms with Gasteiger partial charge in [0.25, 0.3) is 5.91 Å². The Hall–Kier alpha value is -4.05. The van der Waals surface area contributed by atoms with Crippen molar-refractivity contribution in [3.63, 3.8) is 0 Å². The minimum absolute atomic E-state index is 0.153. The van der Waals surface area contributed by atoms with Gasteiger partial charge in [0.1, 0.15) is 12.6 Å². The molecule has 0 unspecified atom stereocenters. The number of fused-ring (bicyclic) bond motifs is 1. The lowest BCUT2D eigenvalue weighted by atomic mass is 9.90. The van der Waals surface area contributed by atoms with E-state index in [1.54, 1.807) is 6.20 Å². The summed E-state index contributed by atoms with van der Waals surface area (Å²) < 4.78 is 7.72. The van der Waals surface area contributed by atoms with Crippen LogP contribution in [-0.2, 0) is 16.6 Å². The van der Waals surface area contributed by atoms with Crippen LogP contribution in [0.3, 0.4) is 0 Å². The Bertz CT molecular complexity index is 1400. The van der Waals surface area contributed by atoms with E-state index in [0.29, 0.717) is 30.5 Å². The number of benzene rings is 2. The van der Waals surface area contributed by atoms with Crippen LogP contribution in [0.5, 0.6) is 0 Å². The first-order valence-corrected chi connectivity index (χ1v) is 15.9. The minimum Gasteiger partial charge on any atom is -0.382 e. The number of ether oxygens (including phenoxy) is 1. The lowest BCUT2D eigenvalue weighted by molar-refractivity contribution is -0.0980. The van der Waals surface area contributed by atoms with Crippen molar-refractivity contribution in [2.24, 2.45) is 7.05 Å². The highest BCUT2D eigenvalue weighted by Crippen LogP contribution is 2.30. The molecule has 0 spiro atoms. The summed E-state index contributed by atoms with van der Waals surface area (Å²) in [6, 6.07) is 20.6. The average molecular weight is 617 g/mol. The first kappa shape index (κ1) is 37.1. The Morgan fingerprint density at radius 3 is 2.36 bits per heavy atom. The number of hydrogen-bond acceptors (Lipinski definition) is 7. The Kier molecular flexibility index (Phi) is 17.2. The quantitative estimate of drug-likeness (QED) is 0.174. The lowest BCUT2D eigenvalue weighted by Crippen LogP contribution is -2.26. The van der Waals surface area contributed by atoms with E-state index in [0.717, 1.165) is 50.3 Å². The fraction of sp³-hybridized carbons (Fsp3) is 0.417. The molecular formula is C36H52N6O3. The third-order valence-corrected chi connectivity index (χ3v) is 7.34. The largest absolute Gasteiger partial charge is 0.382 e. The van der Waals surface area contributed by atoms with Crippen molar-refractivity contribution in [2.75, 3.05) is 57.2 Å². The van der Waals surface area contributed by atoms with Gasteiger partial charge in [-0.25, -0.2) is 4.98 Å². The second-order valence-electron chi connectivity index (χ2n) is 10.4. The number of pyridine rings is 1. The lowest BCUT2D eigenvalue weighted by Gasteiger charge is -2.26. The molecule has 5 rings (SSSR count). The molecule has 1 aliphatic heterocycles. The van der Waals surface area contributed by atoms with Crippen LogP contribution in [0.15, 0.2) is 73.1 Å². The molecule has 0 radical (unpaired) electrons. The van der Waals surface area contributed by atoms with Crippen molar-refractivity contribution in [2.45, 2.75) is 46.0 Å². The van der Waals surface area contributed by atoms with Crippen molar-refractivity contribution in [3.05, 3.63) is 84.2 Å². The highest BCUT2D eigenvalue weighted by Gasteiger charge is 2.17. The average Bonchev–Trinajstić information content (AvgIpc) is 3.47. The molecule has 0 aliphatic carbocycles. The number of aromatic nitrogens is 2. The van der Waals surface area contributed by atoms with Crippen LogP contribution in [0, 0.1) is 0 Å². The molecule has 3 heterocycles. The second kappa shape index (κ2) is 20.8. The first-order valence-electron chi connectivity index (χ1n) is 15.9. The molecule has 9 heteroatoms. The van der Waals surface area contributed by atoms with E-state index in [1.807, 2.05) is 65.9 Å². The van der Waals surface area contributed by atoms with Crippen molar-refractivity contribution in [3.8, 4) is 0 Å². The molecule has 1 amide bonds. The normalized spacial score (nSPS) is 12.5. The Labute approximate surface area is 269 Å². The summed E-state index contributed by atoms with van der Waals surface area (Å²) >= 11 is 0. The molecule has 4 aromatic rings. The predicted molar refractivity (Wildman–Crippen MR) is 188 cm³/mol. The molecule has 1 aliphatic rings. The zero-order valence-electron chi connectivity index (χ0n) is 27.9. The molecule has 0 atom stereocenters. The second-order valence-corrected chi connectivity index (χ2v) is 10.4. The number of anilines is 3. The monoisotopic (exact) mass is 616 g/mol. The standard InChI is InChI=1S/C31H37N5O2.C2H7N.C2H6.CH2O/c1-3-38-20-4-18-36(27-9-10-29-26(21-27)14-19-35(29)2)28-13-17-33-30(22-28)34-31(37)25-7-5-23(6-8-25)24-11-15-32-16-12-24;1-3-2;2*1-2/h5-10,13-14,17,19,21-22,24,32H,3-4,11-12,15-16,18,20H2,1-2H3,(H,33,34,37);3H,1-2H3;1-2H3;1H2. The highest BCUT2D eigenvalue weighted by molar-refractivity contribution is 6.04. The maximum Gasteiger partial charge on any atom is 0.256 e. The fourth-order valence-electron chi connectivity index (χ4n) is 5.22. The number of amides is 1. The van der Waals surface area contributed by atoms with Crippen LogP contribution in [0.2, 0.25) is 0 Å². The summed E-state index contributed by atoms with van der Waals surface area (Å²) in [4.78, 5) is 27.8. The van der Waals surface area contributed by atoms with Gasteiger partial charge < -0.3 is 34.9 Å².